The van der Waals surface area contributed by atoms with E-state index in [1.165, 1.54) is 0 Å². The maximum atomic E-state index is 11.7. The summed E-state index contributed by atoms with van der Waals surface area (Å²) in [5.41, 5.74) is 1.80. The summed E-state index contributed by atoms with van der Waals surface area (Å²) < 4.78 is 6.26. The Hall–Kier alpha value is -1.56. The van der Waals surface area contributed by atoms with Crippen LogP contribution in [0, 0.1) is 10.5 Å². The van der Waals surface area contributed by atoms with E-state index in [0.717, 1.165) is 14.8 Å². The fourth-order valence-corrected chi connectivity index (χ4v) is 1.97. The topological polar surface area (TPSA) is 38.3 Å². The highest BCUT2D eigenvalue weighted by molar-refractivity contribution is 14.1. The van der Waals surface area contributed by atoms with Gasteiger partial charge in [-0.05, 0) is 59.3 Å². The minimum absolute atomic E-state index is 0.480. The van der Waals surface area contributed by atoms with E-state index in [1.807, 2.05) is 43.3 Å². The summed E-state index contributed by atoms with van der Waals surface area (Å²) in [4.78, 5) is 11.7. The molecule has 1 N–H and O–H groups in total. The highest BCUT2D eigenvalue weighted by Gasteiger charge is 2.07. The number of carbonyl (C=O) groups is 1. The molecule has 0 atom stereocenters. The molecule has 0 aromatic heterocycles. The summed E-state index contributed by atoms with van der Waals surface area (Å²) in [5.74, 6) is 0.526. The van der Waals surface area contributed by atoms with Crippen LogP contribution in [0.15, 0.2) is 48.5 Å². The number of benzene rings is 2. The molecular weight excluding hydrogens is 341 g/mol. The van der Waals surface area contributed by atoms with Gasteiger partial charge in [0.25, 0.3) is 0 Å². The van der Waals surface area contributed by atoms with Crippen LogP contribution in [0.2, 0.25) is 0 Å². The number of amides is 1. The summed E-state index contributed by atoms with van der Waals surface area (Å²) in [7, 11) is 0. The molecule has 0 spiro atoms. The van der Waals surface area contributed by atoms with Crippen molar-refractivity contribution in [1.29, 1.82) is 0 Å². The molecule has 1 amide bonds. The number of carbonyl (C=O) groups excluding carboxylic acids is 1. The van der Waals surface area contributed by atoms with Crippen molar-refractivity contribution in [2.24, 2.45) is 0 Å². The van der Waals surface area contributed by atoms with Gasteiger partial charge in [0.2, 0.25) is 0 Å². The monoisotopic (exact) mass is 353 g/mol. The summed E-state index contributed by atoms with van der Waals surface area (Å²) >= 11 is 2.23. The Kier molecular flexibility index (Phi) is 4.19. The lowest BCUT2D eigenvalue weighted by molar-refractivity contribution is 0.215. The molecule has 0 bridgehead atoms. The van der Waals surface area contributed by atoms with E-state index in [9.17, 15) is 4.79 Å². The second kappa shape index (κ2) is 5.86. The third kappa shape index (κ3) is 3.22. The Balaban J connectivity index is 2.06. The van der Waals surface area contributed by atoms with Gasteiger partial charge in [-0.2, -0.15) is 0 Å². The van der Waals surface area contributed by atoms with Crippen molar-refractivity contribution in [3.05, 3.63) is 57.7 Å². The molecule has 0 aliphatic carbocycles. The lowest BCUT2D eigenvalue weighted by Gasteiger charge is -2.09. The van der Waals surface area contributed by atoms with Crippen molar-refractivity contribution in [3.63, 3.8) is 0 Å². The molecule has 92 valence electrons. The molecule has 0 radical (unpaired) electrons. The average Bonchev–Trinajstić information content (AvgIpc) is 2.36. The first kappa shape index (κ1) is 12.9. The Morgan fingerprint density at radius 3 is 2.56 bits per heavy atom. The summed E-state index contributed by atoms with van der Waals surface area (Å²) in [6, 6.07) is 14.7. The molecule has 4 heteroatoms. The lowest BCUT2D eigenvalue weighted by Crippen LogP contribution is -2.17. The Bertz CT molecular complexity index is 555. The lowest BCUT2D eigenvalue weighted by atomic mass is 10.2. The van der Waals surface area contributed by atoms with Crippen LogP contribution in [0.3, 0.4) is 0 Å². The Labute approximate surface area is 119 Å². The van der Waals surface area contributed by atoms with Crippen molar-refractivity contribution in [2.75, 3.05) is 5.32 Å². The second-order valence-electron chi connectivity index (χ2n) is 3.74. The van der Waals surface area contributed by atoms with Crippen molar-refractivity contribution < 1.29 is 9.53 Å². The number of anilines is 1. The number of halogens is 1. The molecule has 0 heterocycles. The predicted molar refractivity (Wildman–Crippen MR) is 80.0 cm³/mol. The maximum absolute atomic E-state index is 11.7. The standard InChI is InChI=1S/C14H12INO2/c1-10-12(15)8-5-9-13(10)16-14(17)18-11-6-3-2-4-7-11/h2-9H,1H3,(H,16,17). The van der Waals surface area contributed by atoms with Crippen LogP contribution in [-0.2, 0) is 0 Å². The van der Waals surface area contributed by atoms with Gasteiger partial charge < -0.3 is 4.74 Å². The SMILES string of the molecule is Cc1c(I)cccc1NC(=O)Oc1ccccc1. The van der Waals surface area contributed by atoms with E-state index in [2.05, 4.69) is 27.9 Å². The van der Waals surface area contributed by atoms with Gasteiger partial charge in [0, 0.05) is 9.26 Å². The molecule has 0 fully saturated rings. The third-order valence-electron chi connectivity index (χ3n) is 2.46. The van der Waals surface area contributed by atoms with Crippen LogP contribution >= 0.6 is 22.6 Å². The molecule has 2 aromatic rings. The van der Waals surface area contributed by atoms with Crippen molar-refractivity contribution >= 4 is 34.4 Å². The number of ether oxygens (including phenoxy) is 1. The van der Waals surface area contributed by atoms with Crippen LogP contribution in [0.25, 0.3) is 0 Å². The quantitative estimate of drug-likeness (QED) is 0.822. The van der Waals surface area contributed by atoms with E-state index in [4.69, 9.17) is 4.74 Å². The van der Waals surface area contributed by atoms with Gasteiger partial charge >= 0.3 is 6.09 Å². The normalized spacial score (nSPS) is 9.89. The first-order valence-corrected chi connectivity index (χ1v) is 6.53. The number of rotatable bonds is 2. The zero-order valence-corrected chi connectivity index (χ0v) is 12.0. The molecule has 0 aliphatic heterocycles. The highest BCUT2D eigenvalue weighted by Crippen LogP contribution is 2.20. The first-order valence-electron chi connectivity index (χ1n) is 5.46. The second-order valence-corrected chi connectivity index (χ2v) is 4.90. The van der Waals surface area contributed by atoms with Crippen LogP contribution < -0.4 is 10.1 Å². The number of hydrogen-bond donors (Lipinski definition) is 1. The van der Waals surface area contributed by atoms with Crippen LogP contribution in [0.5, 0.6) is 5.75 Å². The zero-order valence-electron chi connectivity index (χ0n) is 9.81. The zero-order chi connectivity index (χ0) is 13.0. The van der Waals surface area contributed by atoms with Crippen molar-refractivity contribution in [1.82, 2.24) is 0 Å². The van der Waals surface area contributed by atoms with E-state index in [-0.39, 0.29) is 0 Å². The molecule has 2 aromatic carbocycles. The maximum Gasteiger partial charge on any atom is 0.417 e. The van der Waals surface area contributed by atoms with E-state index < -0.39 is 6.09 Å². The van der Waals surface area contributed by atoms with Gasteiger partial charge in [0.15, 0.2) is 0 Å². The molecule has 0 saturated heterocycles. The minimum Gasteiger partial charge on any atom is -0.410 e. The number of para-hydroxylation sites is 1. The predicted octanol–water partition coefficient (Wildman–Crippen LogP) is 4.21. The number of hydrogen-bond acceptors (Lipinski definition) is 2. The van der Waals surface area contributed by atoms with E-state index in [1.54, 1.807) is 12.1 Å². The molecule has 3 nitrogen and oxygen atoms in total. The van der Waals surface area contributed by atoms with Gasteiger partial charge in [-0.15, -0.1) is 0 Å². The summed E-state index contributed by atoms with van der Waals surface area (Å²) in [6.45, 7) is 1.96. The van der Waals surface area contributed by atoms with Crippen LogP contribution in [0.4, 0.5) is 10.5 Å². The van der Waals surface area contributed by atoms with Crippen molar-refractivity contribution in [3.8, 4) is 5.75 Å². The fourth-order valence-electron chi connectivity index (χ4n) is 1.47. The van der Waals surface area contributed by atoms with Crippen molar-refractivity contribution in [2.45, 2.75) is 6.92 Å². The van der Waals surface area contributed by atoms with E-state index >= 15 is 0 Å². The fraction of sp³-hybridized carbons (Fsp3) is 0.0714. The minimum atomic E-state index is -0.480. The Morgan fingerprint density at radius 2 is 1.83 bits per heavy atom. The van der Waals surface area contributed by atoms with E-state index in [0.29, 0.717) is 5.75 Å². The Morgan fingerprint density at radius 1 is 1.11 bits per heavy atom. The summed E-state index contributed by atoms with van der Waals surface area (Å²) in [6.07, 6.45) is -0.480. The molecule has 0 saturated carbocycles. The molecule has 18 heavy (non-hydrogen) atoms. The largest absolute Gasteiger partial charge is 0.417 e. The summed E-state index contributed by atoms with van der Waals surface area (Å²) in [5, 5.41) is 2.73. The molecule has 0 aliphatic rings. The molecule has 0 unspecified atom stereocenters. The highest BCUT2D eigenvalue weighted by atomic mass is 127. The smallest absolute Gasteiger partial charge is 0.410 e. The first-order chi connectivity index (χ1) is 8.66. The van der Waals surface area contributed by atoms with Crippen LogP contribution in [-0.4, -0.2) is 6.09 Å². The van der Waals surface area contributed by atoms with Crippen LogP contribution in [0.1, 0.15) is 5.56 Å². The third-order valence-corrected chi connectivity index (χ3v) is 3.63. The van der Waals surface area contributed by atoms with Gasteiger partial charge in [-0.3, -0.25) is 5.32 Å². The average molecular weight is 353 g/mol. The van der Waals surface area contributed by atoms with Gasteiger partial charge in [-0.25, -0.2) is 4.79 Å². The van der Waals surface area contributed by atoms with Gasteiger partial charge in [0.05, 0.1) is 0 Å². The molecular formula is C14H12INO2. The molecule has 2 rings (SSSR count). The van der Waals surface area contributed by atoms with Gasteiger partial charge in [-0.1, -0.05) is 24.3 Å². The van der Waals surface area contributed by atoms with Gasteiger partial charge in [0.1, 0.15) is 5.75 Å². The number of nitrogens with one attached hydrogen (secondary N) is 1.